The first-order valence-corrected chi connectivity index (χ1v) is 21.1. The molecule has 0 rings (SSSR count). The number of aliphatic hydroxyl groups excluding tert-OH is 2. The highest BCUT2D eigenvalue weighted by Crippen LogP contribution is 2.43. The first kappa shape index (κ1) is 47.7. The van der Waals surface area contributed by atoms with Gasteiger partial charge in [0.15, 0.2) is 6.10 Å². The van der Waals surface area contributed by atoms with Crippen LogP contribution >= 0.6 is 7.82 Å². The molecule has 3 atom stereocenters. The van der Waals surface area contributed by atoms with Crippen LogP contribution in [-0.4, -0.2) is 65.7 Å². The minimum Gasteiger partial charge on any atom is -0.462 e. The Bertz CT molecular complexity index is 837. The Kier molecular flexibility index (Phi) is 34.2. The molecule has 0 heterocycles. The van der Waals surface area contributed by atoms with Crippen LogP contribution in [0.2, 0.25) is 0 Å². The molecule has 3 N–H and O–H groups in total. The van der Waals surface area contributed by atoms with Gasteiger partial charge >= 0.3 is 19.8 Å². The van der Waals surface area contributed by atoms with Crippen LogP contribution in [0.1, 0.15) is 181 Å². The lowest BCUT2D eigenvalue weighted by atomic mass is 10.1. The first-order chi connectivity index (χ1) is 23.7. The largest absolute Gasteiger partial charge is 0.472 e. The van der Waals surface area contributed by atoms with Crippen LogP contribution in [0.3, 0.4) is 0 Å². The Morgan fingerprint density at radius 1 is 0.592 bits per heavy atom. The Morgan fingerprint density at radius 3 is 1.47 bits per heavy atom. The van der Waals surface area contributed by atoms with Crippen LogP contribution in [0, 0.1) is 0 Å². The molecule has 0 amide bonds. The maximum atomic E-state index is 12.4. The summed E-state index contributed by atoms with van der Waals surface area (Å²) in [5, 5.41) is 18.2. The highest BCUT2D eigenvalue weighted by Gasteiger charge is 2.27. The molecule has 0 bridgehead atoms. The molecular weight excluding hydrogens is 647 g/mol. The number of hydrogen-bond donors (Lipinski definition) is 3. The van der Waals surface area contributed by atoms with Gasteiger partial charge in [-0.1, -0.05) is 142 Å². The third-order valence-electron chi connectivity index (χ3n) is 8.42. The van der Waals surface area contributed by atoms with E-state index in [9.17, 15) is 24.2 Å². The van der Waals surface area contributed by atoms with Crippen molar-refractivity contribution in [3.05, 3.63) is 12.2 Å². The van der Waals surface area contributed by atoms with Crippen LogP contribution in [0.15, 0.2) is 12.2 Å². The second kappa shape index (κ2) is 35.1. The number of unbranched alkanes of at least 4 members (excludes halogenated alkanes) is 21. The topological polar surface area (TPSA) is 149 Å². The van der Waals surface area contributed by atoms with Crippen molar-refractivity contribution in [3.63, 3.8) is 0 Å². The van der Waals surface area contributed by atoms with Crippen LogP contribution in [0.5, 0.6) is 0 Å². The van der Waals surface area contributed by atoms with Gasteiger partial charge in [0.2, 0.25) is 0 Å². The lowest BCUT2D eigenvalue weighted by Crippen LogP contribution is -2.29. The fourth-order valence-electron chi connectivity index (χ4n) is 5.34. The molecule has 11 heteroatoms. The van der Waals surface area contributed by atoms with Crippen molar-refractivity contribution in [2.45, 2.75) is 193 Å². The fraction of sp³-hybridized carbons (Fsp3) is 0.895. The number of phosphoric acid groups is 1. The van der Waals surface area contributed by atoms with Gasteiger partial charge in [-0.3, -0.25) is 18.6 Å². The predicted molar refractivity (Wildman–Crippen MR) is 196 cm³/mol. The van der Waals surface area contributed by atoms with E-state index in [0.29, 0.717) is 12.8 Å². The first-order valence-electron chi connectivity index (χ1n) is 19.6. The summed E-state index contributed by atoms with van der Waals surface area (Å²) < 4.78 is 32.5. The molecular formula is C38H73O10P. The third kappa shape index (κ3) is 34.9. The zero-order chi connectivity index (χ0) is 36.3. The summed E-state index contributed by atoms with van der Waals surface area (Å²) in [6.45, 7) is 2.32. The summed E-state index contributed by atoms with van der Waals surface area (Å²) in [4.78, 5) is 34.7. The second-order valence-corrected chi connectivity index (χ2v) is 14.8. The van der Waals surface area contributed by atoms with Gasteiger partial charge in [0.25, 0.3) is 0 Å². The van der Waals surface area contributed by atoms with Gasteiger partial charge < -0.3 is 24.6 Å². The van der Waals surface area contributed by atoms with E-state index in [1.54, 1.807) is 0 Å². The SMILES string of the molecule is CCCCCCCC/C=C/CCCCCCCCCCCC(=O)OC[C@@H](COP(=O)(O)OC[C@H](O)CO)OC(=O)CCCCCCCCC. The van der Waals surface area contributed by atoms with Crippen molar-refractivity contribution < 1.29 is 47.8 Å². The Morgan fingerprint density at radius 2 is 1.00 bits per heavy atom. The monoisotopic (exact) mass is 720 g/mol. The summed E-state index contributed by atoms with van der Waals surface area (Å²) in [5.74, 6) is -0.929. The second-order valence-electron chi connectivity index (χ2n) is 13.3. The number of aliphatic hydroxyl groups is 2. The lowest BCUT2D eigenvalue weighted by molar-refractivity contribution is -0.161. The van der Waals surface area contributed by atoms with E-state index in [4.69, 9.17) is 19.1 Å². The molecule has 0 spiro atoms. The van der Waals surface area contributed by atoms with E-state index in [1.165, 1.54) is 103 Å². The smallest absolute Gasteiger partial charge is 0.462 e. The average Bonchev–Trinajstić information content (AvgIpc) is 3.09. The molecule has 0 aromatic heterocycles. The van der Waals surface area contributed by atoms with Gasteiger partial charge in [0, 0.05) is 12.8 Å². The molecule has 0 aliphatic carbocycles. The summed E-state index contributed by atoms with van der Waals surface area (Å²) in [7, 11) is -4.60. The average molecular weight is 721 g/mol. The van der Waals surface area contributed by atoms with Crippen molar-refractivity contribution in [1.29, 1.82) is 0 Å². The van der Waals surface area contributed by atoms with Crippen LogP contribution in [-0.2, 0) is 32.7 Å². The molecule has 290 valence electrons. The number of ether oxygens (including phenoxy) is 2. The molecule has 0 aliphatic heterocycles. The van der Waals surface area contributed by atoms with Gasteiger partial charge in [-0.2, -0.15) is 0 Å². The zero-order valence-electron chi connectivity index (χ0n) is 31.2. The molecule has 1 unspecified atom stereocenters. The number of carbonyl (C=O) groups excluding carboxylic acids is 2. The van der Waals surface area contributed by atoms with E-state index in [-0.39, 0.29) is 19.4 Å². The van der Waals surface area contributed by atoms with Crippen LogP contribution in [0.4, 0.5) is 0 Å². The maximum absolute atomic E-state index is 12.4. The van der Waals surface area contributed by atoms with Crippen LogP contribution in [0.25, 0.3) is 0 Å². The Balaban J connectivity index is 4.16. The summed E-state index contributed by atoms with van der Waals surface area (Å²) in [5.41, 5.74) is 0. The van der Waals surface area contributed by atoms with E-state index in [1.807, 2.05) is 0 Å². The van der Waals surface area contributed by atoms with Crippen molar-refractivity contribution in [3.8, 4) is 0 Å². The fourth-order valence-corrected chi connectivity index (χ4v) is 6.13. The highest BCUT2D eigenvalue weighted by atomic mass is 31.2. The van der Waals surface area contributed by atoms with Gasteiger partial charge in [0.05, 0.1) is 19.8 Å². The Labute approximate surface area is 298 Å². The maximum Gasteiger partial charge on any atom is 0.472 e. The number of phosphoric ester groups is 1. The zero-order valence-corrected chi connectivity index (χ0v) is 32.1. The summed E-state index contributed by atoms with van der Waals surface area (Å²) >= 11 is 0. The predicted octanol–water partition coefficient (Wildman–Crippen LogP) is 9.67. The molecule has 0 saturated carbocycles. The molecule has 0 aromatic carbocycles. The normalized spacial score (nSPS) is 14.1. The van der Waals surface area contributed by atoms with E-state index in [2.05, 4.69) is 30.5 Å². The van der Waals surface area contributed by atoms with Crippen molar-refractivity contribution >= 4 is 19.8 Å². The van der Waals surface area contributed by atoms with Crippen molar-refractivity contribution in [1.82, 2.24) is 0 Å². The lowest BCUT2D eigenvalue weighted by Gasteiger charge is -2.20. The van der Waals surface area contributed by atoms with Crippen molar-refractivity contribution in [2.75, 3.05) is 26.4 Å². The Hall–Kier alpha value is -1.29. The number of esters is 2. The highest BCUT2D eigenvalue weighted by molar-refractivity contribution is 7.47. The van der Waals surface area contributed by atoms with E-state index < -0.39 is 51.8 Å². The number of carbonyl (C=O) groups is 2. The minimum atomic E-state index is -4.60. The number of hydrogen-bond acceptors (Lipinski definition) is 9. The van der Waals surface area contributed by atoms with Crippen molar-refractivity contribution in [2.24, 2.45) is 0 Å². The van der Waals surface area contributed by atoms with E-state index >= 15 is 0 Å². The minimum absolute atomic E-state index is 0.185. The van der Waals surface area contributed by atoms with Gasteiger partial charge in [0.1, 0.15) is 12.7 Å². The molecule has 0 aromatic rings. The van der Waals surface area contributed by atoms with E-state index in [0.717, 1.165) is 38.5 Å². The standard InChI is InChI=1S/C38H73O10P/c1-3-5-7-9-11-12-13-14-15-16-17-18-19-20-21-22-24-25-27-29-37(41)45-33-36(34-47-49(43,44)46-32-35(40)31-39)48-38(42)30-28-26-23-10-8-6-4-2/h14-15,35-36,39-40H,3-13,16-34H2,1-2H3,(H,43,44)/b15-14+/t35-,36+/m1/s1. The van der Waals surface area contributed by atoms with Gasteiger partial charge in [-0.05, 0) is 38.5 Å². The molecule has 49 heavy (non-hydrogen) atoms. The van der Waals surface area contributed by atoms with Gasteiger partial charge in [-0.25, -0.2) is 4.57 Å². The quantitative estimate of drug-likeness (QED) is 0.0245. The third-order valence-corrected chi connectivity index (χ3v) is 9.37. The molecule has 0 fully saturated rings. The number of rotatable bonds is 37. The number of allylic oxidation sites excluding steroid dienone is 2. The molecule has 0 radical (unpaired) electrons. The summed E-state index contributed by atoms with van der Waals surface area (Å²) in [6.07, 6.45) is 30.7. The van der Waals surface area contributed by atoms with Crippen LogP contribution < -0.4 is 0 Å². The molecule has 0 aliphatic rings. The molecule has 10 nitrogen and oxygen atoms in total. The summed E-state index contributed by atoms with van der Waals surface area (Å²) in [6, 6.07) is 0. The van der Waals surface area contributed by atoms with Gasteiger partial charge in [-0.15, -0.1) is 0 Å². The molecule has 0 saturated heterocycles.